The molecule has 1 fully saturated rings. The van der Waals surface area contributed by atoms with Crippen LogP contribution in [0.5, 0.6) is 0 Å². The molecular formula is C17H22ClN3O5S. The first-order chi connectivity index (χ1) is 12.4. The van der Waals surface area contributed by atoms with E-state index in [2.05, 4.69) is 5.32 Å². The monoisotopic (exact) mass is 415 g/mol. The average molecular weight is 416 g/mol. The highest BCUT2D eigenvalue weighted by atomic mass is 35.5. The van der Waals surface area contributed by atoms with Crippen LogP contribution in [0, 0.1) is 5.92 Å². The molecule has 1 amide bonds. The third kappa shape index (κ3) is 4.67. The molecule has 3 rings (SSSR count). The normalized spacial score (nSPS) is 18.0. The standard InChI is InChI=1S/C17H21N3O5S.ClH/c18-7-8-19-17(22)13-2-1-9-20(11-13)26(23,24)14-4-5-15-12(10-14)3-6-16(21)25-15;/h3-6,10,13H,1-2,7-9,11,18H2,(H,19,22);1H. The van der Waals surface area contributed by atoms with Crippen LogP contribution in [-0.4, -0.2) is 44.8 Å². The summed E-state index contributed by atoms with van der Waals surface area (Å²) >= 11 is 0. The van der Waals surface area contributed by atoms with Gasteiger partial charge in [-0.15, -0.1) is 12.4 Å². The number of carbonyl (C=O) groups excluding carboxylic acids is 1. The van der Waals surface area contributed by atoms with Crippen molar-refractivity contribution in [1.29, 1.82) is 0 Å². The Labute approximate surface area is 163 Å². The van der Waals surface area contributed by atoms with E-state index in [1.54, 1.807) is 0 Å². The number of carbonyl (C=O) groups is 1. The van der Waals surface area contributed by atoms with Crippen LogP contribution in [0.4, 0.5) is 0 Å². The number of fused-ring (bicyclic) bond motifs is 1. The van der Waals surface area contributed by atoms with Crippen LogP contribution in [0.25, 0.3) is 11.0 Å². The maximum absolute atomic E-state index is 13.0. The second kappa shape index (κ2) is 8.83. The van der Waals surface area contributed by atoms with Gasteiger partial charge in [0, 0.05) is 37.6 Å². The van der Waals surface area contributed by atoms with Gasteiger partial charge in [-0.25, -0.2) is 13.2 Å². The number of benzene rings is 1. The summed E-state index contributed by atoms with van der Waals surface area (Å²) in [6.45, 7) is 1.22. The van der Waals surface area contributed by atoms with E-state index in [9.17, 15) is 18.0 Å². The first-order valence-corrected chi connectivity index (χ1v) is 9.87. The van der Waals surface area contributed by atoms with Crippen molar-refractivity contribution in [3.63, 3.8) is 0 Å². The van der Waals surface area contributed by atoms with Crippen LogP contribution in [0.2, 0.25) is 0 Å². The van der Waals surface area contributed by atoms with E-state index in [4.69, 9.17) is 10.2 Å². The van der Waals surface area contributed by atoms with E-state index in [0.29, 0.717) is 43.4 Å². The molecule has 27 heavy (non-hydrogen) atoms. The summed E-state index contributed by atoms with van der Waals surface area (Å²) < 4.78 is 32.3. The van der Waals surface area contributed by atoms with Crippen molar-refractivity contribution in [1.82, 2.24) is 9.62 Å². The van der Waals surface area contributed by atoms with Crippen LogP contribution >= 0.6 is 12.4 Å². The second-order valence-corrected chi connectivity index (χ2v) is 8.17. The van der Waals surface area contributed by atoms with E-state index in [0.717, 1.165) is 0 Å². The molecule has 1 aromatic carbocycles. The molecule has 8 nitrogen and oxygen atoms in total. The number of sulfonamides is 1. The molecule has 1 aliphatic heterocycles. The number of amides is 1. The lowest BCUT2D eigenvalue weighted by atomic mass is 9.99. The summed E-state index contributed by atoms with van der Waals surface area (Å²) in [5.41, 5.74) is 5.22. The summed E-state index contributed by atoms with van der Waals surface area (Å²) in [6, 6.07) is 7.14. The van der Waals surface area contributed by atoms with Crippen molar-refractivity contribution in [3.8, 4) is 0 Å². The van der Waals surface area contributed by atoms with Crippen LogP contribution in [-0.2, 0) is 14.8 Å². The number of nitrogens with zero attached hydrogens (tertiary/aromatic N) is 1. The maximum atomic E-state index is 13.0. The zero-order valence-corrected chi connectivity index (χ0v) is 16.2. The van der Waals surface area contributed by atoms with Gasteiger partial charge in [0.1, 0.15) is 5.58 Å². The number of hydrogen-bond donors (Lipinski definition) is 2. The van der Waals surface area contributed by atoms with Gasteiger partial charge in [-0.3, -0.25) is 4.79 Å². The molecule has 10 heteroatoms. The molecule has 1 saturated heterocycles. The van der Waals surface area contributed by atoms with Crippen molar-refractivity contribution < 1.29 is 17.6 Å². The van der Waals surface area contributed by atoms with Crippen molar-refractivity contribution >= 4 is 39.3 Å². The largest absolute Gasteiger partial charge is 0.423 e. The molecule has 0 saturated carbocycles. The van der Waals surface area contributed by atoms with Gasteiger partial charge in [-0.1, -0.05) is 0 Å². The minimum atomic E-state index is -3.74. The zero-order valence-electron chi connectivity index (χ0n) is 14.6. The number of piperidine rings is 1. The van der Waals surface area contributed by atoms with Crippen molar-refractivity contribution in [3.05, 3.63) is 40.8 Å². The lowest BCUT2D eigenvalue weighted by molar-refractivity contribution is -0.126. The van der Waals surface area contributed by atoms with E-state index in [-0.39, 0.29) is 35.7 Å². The Morgan fingerprint density at radius 1 is 1.30 bits per heavy atom. The smallest absolute Gasteiger partial charge is 0.336 e. The minimum absolute atomic E-state index is 0. The summed E-state index contributed by atoms with van der Waals surface area (Å²) in [5.74, 6) is -0.556. The Hall–Kier alpha value is -1.94. The van der Waals surface area contributed by atoms with Gasteiger partial charge in [-0.2, -0.15) is 4.31 Å². The first kappa shape index (κ1) is 21.4. The molecule has 0 bridgehead atoms. The first-order valence-electron chi connectivity index (χ1n) is 8.43. The quantitative estimate of drug-likeness (QED) is 0.692. The van der Waals surface area contributed by atoms with Gasteiger partial charge in [0.2, 0.25) is 15.9 Å². The van der Waals surface area contributed by atoms with Crippen LogP contribution in [0.15, 0.2) is 44.4 Å². The molecule has 1 unspecified atom stereocenters. The highest BCUT2D eigenvalue weighted by molar-refractivity contribution is 7.89. The Morgan fingerprint density at radius 2 is 2.07 bits per heavy atom. The number of nitrogens with two attached hydrogens (primary N) is 1. The summed E-state index contributed by atoms with van der Waals surface area (Å²) in [5, 5.41) is 3.24. The van der Waals surface area contributed by atoms with E-state index >= 15 is 0 Å². The van der Waals surface area contributed by atoms with E-state index in [1.807, 2.05) is 0 Å². The molecule has 2 aromatic rings. The molecule has 3 N–H and O–H groups in total. The fourth-order valence-corrected chi connectivity index (χ4v) is 4.63. The highest BCUT2D eigenvalue weighted by Crippen LogP contribution is 2.26. The predicted octanol–water partition coefficient (Wildman–Crippen LogP) is 0.690. The highest BCUT2D eigenvalue weighted by Gasteiger charge is 2.33. The minimum Gasteiger partial charge on any atom is -0.423 e. The van der Waals surface area contributed by atoms with Crippen LogP contribution in [0.1, 0.15) is 12.8 Å². The fourth-order valence-electron chi connectivity index (χ4n) is 3.07. The van der Waals surface area contributed by atoms with Crippen LogP contribution < -0.4 is 16.7 Å². The van der Waals surface area contributed by atoms with Gasteiger partial charge in [0.15, 0.2) is 0 Å². The third-order valence-electron chi connectivity index (χ3n) is 4.43. The zero-order chi connectivity index (χ0) is 18.7. The lowest BCUT2D eigenvalue weighted by Crippen LogP contribution is -2.46. The molecule has 0 spiro atoms. The number of nitrogens with one attached hydrogen (secondary N) is 1. The molecule has 148 valence electrons. The number of hydrogen-bond acceptors (Lipinski definition) is 6. The topological polar surface area (TPSA) is 123 Å². The molecular weight excluding hydrogens is 394 g/mol. The summed E-state index contributed by atoms with van der Waals surface area (Å²) in [6.07, 6.45) is 1.26. The number of halogens is 1. The Bertz CT molecular complexity index is 976. The van der Waals surface area contributed by atoms with Gasteiger partial charge in [0.05, 0.1) is 10.8 Å². The second-order valence-electron chi connectivity index (χ2n) is 6.24. The fraction of sp³-hybridized carbons (Fsp3) is 0.412. The molecule has 1 aromatic heterocycles. The Morgan fingerprint density at radius 3 is 2.81 bits per heavy atom. The number of rotatable bonds is 5. The predicted molar refractivity (Wildman–Crippen MR) is 103 cm³/mol. The van der Waals surface area contributed by atoms with E-state index < -0.39 is 15.6 Å². The van der Waals surface area contributed by atoms with Crippen LogP contribution in [0.3, 0.4) is 0 Å². The SMILES string of the molecule is Cl.NCCNC(=O)C1CCCN(S(=O)(=O)c2ccc3oc(=O)ccc3c2)C1. The van der Waals surface area contributed by atoms with Crippen molar-refractivity contribution in [2.45, 2.75) is 17.7 Å². The van der Waals surface area contributed by atoms with Gasteiger partial charge >= 0.3 is 5.63 Å². The molecule has 0 aliphatic carbocycles. The van der Waals surface area contributed by atoms with Gasteiger partial charge in [-0.05, 0) is 37.1 Å². The van der Waals surface area contributed by atoms with E-state index in [1.165, 1.54) is 34.6 Å². The maximum Gasteiger partial charge on any atom is 0.336 e. The van der Waals surface area contributed by atoms with Crippen molar-refractivity contribution in [2.24, 2.45) is 11.7 Å². The van der Waals surface area contributed by atoms with Gasteiger partial charge < -0.3 is 15.5 Å². The molecule has 2 heterocycles. The molecule has 1 aliphatic rings. The van der Waals surface area contributed by atoms with Crippen molar-refractivity contribution in [2.75, 3.05) is 26.2 Å². The Kier molecular flexibility index (Phi) is 6.99. The summed E-state index contributed by atoms with van der Waals surface area (Å²) in [7, 11) is -3.74. The Balaban J connectivity index is 0.00000261. The molecule has 1 atom stereocenters. The summed E-state index contributed by atoms with van der Waals surface area (Å²) in [4.78, 5) is 23.5. The lowest BCUT2D eigenvalue weighted by Gasteiger charge is -2.31. The average Bonchev–Trinajstić information content (AvgIpc) is 2.65. The molecule has 0 radical (unpaired) electrons. The third-order valence-corrected chi connectivity index (χ3v) is 6.29. The van der Waals surface area contributed by atoms with Gasteiger partial charge in [0.25, 0.3) is 0 Å².